The maximum absolute atomic E-state index is 6.08. The zero-order chi connectivity index (χ0) is 14.1. The summed E-state index contributed by atoms with van der Waals surface area (Å²) >= 11 is 0. The molecule has 0 saturated carbocycles. The number of aromatic nitrogens is 3. The smallest absolute Gasteiger partial charge is 0.163 e. The highest BCUT2D eigenvalue weighted by Crippen LogP contribution is 2.34. The number of nitrogens with zero attached hydrogens (tertiary/aromatic N) is 3. The summed E-state index contributed by atoms with van der Waals surface area (Å²) in [5.74, 6) is 1.18. The molecule has 6 heteroatoms. The molecule has 2 aromatic carbocycles. The average Bonchev–Trinajstić information content (AvgIpc) is 2.90. The fourth-order valence-electron chi connectivity index (χ4n) is 2.11. The molecule has 20 heavy (non-hydrogen) atoms. The first kappa shape index (κ1) is 12.3. The minimum atomic E-state index is 0.540. The van der Waals surface area contributed by atoms with Crippen LogP contribution < -0.4 is 15.2 Å². The van der Waals surface area contributed by atoms with Gasteiger partial charge in [-0.3, -0.25) is 0 Å². The van der Waals surface area contributed by atoms with E-state index in [2.05, 4.69) is 10.3 Å². The normalized spacial score (nSPS) is 10.7. The molecule has 0 aliphatic rings. The van der Waals surface area contributed by atoms with Crippen molar-refractivity contribution in [1.82, 2.24) is 15.0 Å². The van der Waals surface area contributed by atoms with Crippen LogP contribution in [0.1, 0.15) is 0 Å². The Hall–Kier alpha value is -2.76. The van der Waals surface area contributed by atoms with Crippen molar-refractivity contribution in [2.75, 3.05) is 20.0 Å². The van der Waals surface area contributed by atoms with E-state index in [1.165, 1.54) is 0 Å². The van der Waals surface area contributed by atoms with Crippen LogP contribution in [0.25, 0.3) is 16.7 Å². The number of nitrogen functional groups attached to an aromatic ring is 1. The van der Waals surface area contributed by atoms with Crippen LogP contribution in [0, 0.1) is 0 Å². The van der Waals surface area contributed by atoms with E-state index < -0.39 is 0 Å². The third kappa shape index (κ3) is 1.82. The summed E-state index contributed by atoms with van der Waals surface area (Å²) in [6, 6.07) is 11.2. The Morgan fingerprint density at radius 2 is 1.75 bits per heavy atom. The molecular formula is C14H14N4O2. The van der Waals surface area contributed by atoms with Gasteiger partial charge < -0.3 is 15.2 Å². The van der Waals surface area contributed by atoms with Gasteiger partial charge in [0.05, 0.1) is 31.1 Å². The van der Waals surface area contributed by atoms with E-state index in [0.717, 1.165) is 11.0 Å². The highest BCUT2D eigenvalue weighted by Gasteiger charge is 2.13. The molecule has 1 aromatic heterocycles. The molecule has 6 nitrogen and oxygen atoms in total. The first-order valence-electron chi connectivity index (χ1n) is 6.07. The number of ether oxygens (including phenoxy) is 2. The fourth-order valence-corrected chi connectivity index (χ4v) is 2.11. The van der Waals surface area contributed by atoms with E-state index in [1.807, 2.05) is 24.3 Å². The van der Waals surface area contributed by atoms with Crippen molar-refractivity contribution < 1.29 is 9.47 Å². The second kappa shape index (κ2) is 4.73. The van der Waals surface area contributed by atoms with E-state index in [1.54, 1.807) is 31.0 Å². The second-order valence-corrected chi connectivity index (χ2v) is 4.26. The van der Waals surface area contributed by atoms with Crippen LogP contribution in [-0.2, 0) is 0 Å². The summed E-state index contributed by atoms with van der Waals surface area (Å²) in [6.07, 6.45) is 0. The summed E-state index contributed by atoms with van der Waals surface area (Å²) in [5.41, 5.74) is 9.01. The van der Waals surface area contributed by atoms with Crippen LogP contribution >= 0.6 is 0 Å². The molecule has 102 valence electrons. The molecule has 0 spiro atoms. The lowest BCUT2D eigenvalue weighted by Gasteiger charge is -2.12. The van der Waals surface area contributed by atoms with Crippen molar-refractivity contribution in [1.29, 1.82) is 0 Å². The number of nitrogens with two attached hydrogens (primary N) is 1. The predicted molar refractivity (Wildman–Crippen MR) is 76.4 cm³/mol. The predicted octanol–water partition coefficient (Wildman–Crippen LogP) is 2.02. The number of rotatable bonds is 3. The van der Waals surface area contributed by atoms with Gasteiger partial charge >= 0.3 is 0 Å². The summed E-state index contributed by atoms with van der Waals surface area (Å²) in [5, 5.41) is 8.27. The van der Waals surface area contributed by atoms with Gasteiger partial charge in [0.25, 0.3) is 0 Å². The standard InChI is InChI=1S/C14H14N4O2/c1-19-13-7-9(15)12(8-14(13)20-2)18-11-6-4-3-5-10(11)16-17-18/h3-8H,15H2,1-2H3. The first-order chi connectivity index (χ1) is 9.74. The zero-order valence-corrected chi connectivity index (χ0v) is 11.2. The molecule has 3 rings (SSSR count). The van der Waals surface area contributed by atoms with Crippen LogP contribution in [-0.4, -0.2) is 29.2 Å². The van der Waals surface area contributed by atoms with E-state index >= 15 is 0 Å². The largest absolute Gasteiger partial charge is 0.493 e. The van der Waals surface area contributed by atoms with E-state index in [4.69, 9.17) is 15.2 Å². The maximum Gasteiger partial charge on any atom is 0.163 e. The van der Waals surface area contributed by atoms with Gasteiger partial charge in [-0.25, -0.2) is 4.68 Å². The molecule has 0 radical (unpaired) electrons. The Morgan fingerprint density at radius 3 is 2.50 bits per heavy atom. The molecule has 2 N–H and O–H groups in total. The lowest BCUT2D eigenvalue weighted by atomic mass is 10.2. The average molecular weight is 270 g/mol. The molecule has 0 aliphatic heterocycles. The quantitative estimate of drug-likeness (QED) is 0.737. The van der Waals surface area contributed by atoms with Gasteiger partial charge in [0.2, 0.25) is 0 Å². The molecule has 0 atom stereocenters. The van der Waals surface area contributed by atoms with Crippen LogP contribution in [0.3, 0.4) is 0 Å². The number of hydrogen-bond donors (Lipinski definition) is 1. The number of anilines is 1. The highest BCUT2D eigenvalue weighted by molar-refractivity contribution is 5.78. The van der Waals surface area contributed by atoms with Gasteiger partial charge in [0.1, 0.15) is 5.52 Å². The molecule has 0 unspecified atom stereocenters. The minimum Gasteiger partial charge on any atom is -0.493 e. The molecule has 0 amide bonds. The molecule has 0 fully saturated rings. The van der Waals surface area contributed by atoms with Crippen LogP contribution in [0.2, 0.25) is 0 Å². The summed E-state index contributed by atoms with van der Waals surface area (Å²) in [6.45, 7) is 0. The molecular weight excluding hydrogens is 256 g/mol. The molecule has 0 bridgehead atoms. The van der Waals surface area contributed by atoms with Crippen molar-refractivity contribution in [2.24, 2.45) is 0 Å². The number of fused-ring (bicyclic) bond motifs is 1. The highest BCUT2D eigenvalue weighted by atomic mass is 16.5. The summed E-state index contributed by atoms with van der Waals surface area (Å²) < 4.78 is 12.2. The Bertz CT molecular complexity index is 767. The molecule has 0 saturated heterocycles. The van der Waals surface area contributed by atoms with Crippen LogP contribution in [0.4, 0.5) is 5.69 Å². The van der Waals surface area contributed by atoms with Gasteiger partial charge in [0, 0.05) is 12.1 Å². The second-order valence-electron chi connectivity index (χ2n) is 4.26. The van der Waals surface area contributed by atoms with Crippen LogP contribution in [0.5, 0.6) is 11.5 Å². The molecule has 0 aliphatic carbocycles. The number of benzene rings is 2. The van der Waals surface area contributed by atoms with Crippen molar-refractivity contribution in [3.05, 3.63) is 36.4 Å². The minimum absolute atomic E-state index is 0.540. The van der Waals surface area contributed by atoms with Gasteiger partial charge in [-0.15, -0.1) is 5.10 Å². The zero-order valence-electron chi connectivity index (χ0n) is 11.2. The summed E-state index contributed by atoms with van der Waals surface area (Å²) in [4.78, 5) is 0. The van der Waals surface area contributed by atoms with E-state index in [0.29, 0.717) is 22.9 Å². The third-order valence-electron chi connectivity index (χ3n) is 3.11. The maximum atomic E-state index is 6.08. The van der Waals surface area contributed by atoms with Gasteiger partial charge in [-0.05, 0) is 12.1 Å². The van der Waals surface area contributed by atoms with E-state index in [9.17, 15) is 0 Å². The summed E-state index contributed by atoms with van der Waals surface area (Å²) in [7, 11) is 3.15. The number of methoxy groups -OCH3 is 2. The molecule has 3 aromatic rings. The van der Waals surface area contributed by atoms with E-state index in [-0.39, 0.29) is 0 Å². The number of hydrogen-bond acceptors (Lipinski definition) is 5. The van der Waals surface area contributed by atoms with Gasteiger partial charge in [-0.2, -0.15) is 0 Å². The lowest BCUT2D eigenvalue weighted by molar-refractivity contribution is 0.355. The van der Waals surface area contributed by atoms with Gasteiger partial charge in [-0.1, -0.05) is 17.3 Å². The Kier molecular flexibility index (Phi) is 2.90. The van der Waals surface area contributed by atoms with Crippen molar-refractivity contribution in [2.45, 2.75) is 0 Å². The fraction of sp³-hybridized carbons (Fsp3) is 0.143. The monoisotopic (exact) mass is 270 g/mol. The Morgan fingerprint density at radius 1 is 1.05 bits per heavy atom. The lowest BCUT2D eigenvalue weighted by Crippen LogP contribution is -2.03. The molecule has 1 heterocycles. The SMILES string of the molecule is COc1cc(N)c(-n2nnc3ccccc32)cc1OC. The number of para-hydroxylation sites is 1. The Labute approximate surface area is 115 Å². The van der Waals surface area contributed by atoms with Crippen molar-refractivity contribution >= 4 is 16.7 Å². The van der Waals surface area contributed by atoms with Gasteiger partial charge in [0.15, 0.2) is 11.5 Å². The van der Waals surface area contributed by atoms with Crippen molar-refractivity contribution in [3.8, 4) is 17.2 Å². The Balaban J connectivity index is 2.24. The first-order valence-corrected chi connectivity index (χ1v) is 6.07. The van der Waals surface area contributed by atoms with Crippen LogP contribution in [0.15, 0.2) is 36.4 Å². The van der Waals surface area contributed by atoms with Crippen molar-refractivity contribution in [3.63, 3.8) is 0 Å². The third-order valence-corrected chi connectivity index (χ3v) is 3.11. The topological polar surface area (TPSA) is 75.2 Å².